The van der Waals surface area contributed by atoms with E-state index in [-0.39, 0.29) is 5.54 Å². The van der Waals surface area contributed by atoms with Gasteiger partial charge >= 0.3 is 0 Å². The highest BCUT2D eigenvalue weighted by atomic mass is 16.5. The summed E-state index contributed by atoms with van der Waals surface area (Å²) in [5.74, 6) is 1.83. The van der Waals surface area contributed by atoms with Gasteiger partial charge in [-0.25, -0.2) is 0 Å². The highest BCUT2D eigenvalue weighted by Gasteiger charge is 2.22. The van der Waals surface area contributed by atoms with E-state index in [1.54, 1.807) is 6.26 Å². The molecule has 0 bridgehead atoms. The Morgan fingerprint density at radius 1 is 1.33 bits per heavy atom. The molecule has 1 aromatic heterocycles. The molecule has 21 heavy (non-hydrogen) atoms. The van der Waals surface area contributed by atoms with Gasteiger partial charge in [0.15, 0.2) is 0 Å². The molecule has 0 amide bonds. The van der Waals surface area contributed by atoms with Gasteiger partial charge in [0.1, 0.15) is 12.4 Å². The number of nitrogens with one attached hydrogen (secondary N) is 1. The summed E-state index contributed by atoms with van der Waals surface area (Å²) in [6, 6.07) is 2.05. The second kappa shape index (κ2) is 7.46. The molecule has 0 saturated heterocycles. The molecule has 1 saturated carbocycles. The van der Waals surface area contributed by atoms with Crippen molar-refractivity contribution in [3.05, 3.63) is 23.7 Å². The number of furan rings is 1. The first-order valence-electron chi connectivity index (χ1n) is 8.40. The summed E-state index contributed by atoms with van der Waals surface area (Å²) < 4.78 is 11.7. The molecule has 120 valence electrons. The first-order chi connectivity index (χ1) is 9.98. The summed E-state index contributed by atoms with van der Waals surface area (Å²) in [5, 5.41) is 3.50. The van der Waals surface area contributed by atoms with Crippen molar-refractivity contribution in [3.63, 3.8) is 0 Å². The fourth-order valence-corrected chi connectivity index (χ4v) is 2.97. The van der Waals surface area contributed by atoms with Gasteiger partial charge in [0.25, 0.3) is 0 Å². The molecule has 3 nitrogen and oxygen atoms in total. The highest BCUT2D eigenvalue weighted by molar-refractivity contribution is 5.16. The maximum atomic E-state index is 6.11. The van der Waals surface area contributed by atoms with E-state index < -0.39 is 0 Å². The summed E-state index contributed by atoms with van der Waals surface area (Å²) >= 11 is 0. The predicted octanol–water partition coefficient (Wildman–Crippen LogP) is 4.65. The molecule has 0 radical (unpaired) electrons. The Morgan fingerprint density at radius 3 is 2.86 bits per heavy atom. The average Bonchev–Trinajstić information content (AvgIpc) is 2.90. The number of ether oxygens (including phenoxy) is 1. The second-order valence-corrected chi connectivity index (χ2v) is 7.35. The predicted molar refractivity (Wildman–Crippen MR) is 86.1 cm³/mol. The van der Waals surface area contributed by atoms with Crippen LogP contribution in [0.1, 0.15) is 71.1 Å². The quantitative estimate of drug-likeness (QED) is 0.828. The average molecular weight is 293 g/mol. The maximum absolute atomic E-state index is 6.11. The van der Waals surface area contributed by atoms with E-state index in [1.807, 2.05) is 6.07 Å². The molecule has 0 aliphatic heterocycles. The summed E-state index contributed by atoms with van der Waals surface area (Å²) in [4.78, 5) is 0. The van der Waals surface area contributed by atoms with Gasteiger partial charge in [-0.1, -0.05) is 26.2 Å². The van der Waals surface area contributed by atoms with E-state index in [2.05, 4.69) is 33.0 Å². The number of hydrogen-bond donors (Lipinski definition) is 1. The lowest BCUT2D eigenvalue weighted by molar-refractivity contribution is -0.00576. The third kappa shape index (κ3) is 5.48. The summed E-state index contributed by atoms with van der Waals surface area (Å²) in [5.41, 5.74) is 1.33. The molecular formula is C18H31NO2. The van der Waals surface area contributed by atoms with E-state index in [4.69, 9.17) is 9.15 Å². The van der Waals surface area contributed by atoms with Crippen LogP contribution in [-0.4, -0.2) is 11.6 Å². The minimum atomic E-state index is 0.118. The van der Waals surface area contributed by atoms with Crippen LogP contribution in [0, 0.1) is 5.92 Å². The van der Waals surface area contributed by atoms with Gasteiger partial charge in [0.2, 0.25) is 0 Å². The molecule has 2 unspecified atom stereocenters. The van der Waals surface area contributed by atoms with Crippen LogP contribution in [-0.2, 0) is 17.9 Å². The molecule has 3 heteroatoms. The molecule has 1 aromatic rings. The lowest BCUT2D eigenvalue weighted by Crippen LogP contribution is -2.35. The van der Waals surface area contributed by atoms with Gasteiger partial charge in [-0.2, -0.15) is 0 Å². The molecule has 0 aromatic carbocycles. The SMILES string of the molecule is CCC1CCCC(OCc2occc2CNC(C)(C)C)C1. The number of hydrogen-bond acceptors (Lipinski definition) is 3. The molecular weight excluding hydrogens is 262 g/mol. The zero-order valence-corrected chi connectivity index (χ0v) is 14.1. The molecule has 1 N–H and O–H groups in total. The van der Waals surface area contributed by atoms with Crippen LogP contribution in [0.15, 0.2) is 16.7 Å². The van der Waals surface area contributed by atoms with Gasteiger partial charge in [-0.05, 0) is 45.6 Å². The normalized spacial score (nSPS) is 23.4. The van der Waals surface area contributed by atoms with E-state index in [0.717, 1.165) is 18.2 Å². The standard InChI is InChI=1S/C18H31NO2/c1-5-14-7-6-8-16(11-14)21-13-17-15(9-10-20-17)12-19-18(2,3)4/h9-10,14,16,19H,5-8,11-13H2,1-4H3. The summed E-state index contributed by atoms with van der Waals surface area (Å²) in [6.07, 6.45) is 8.56. The summed E-state index contributed by atoms with van der Waals surface area (Å²) in [7, 11) is 0. The van der Waals surface area contributed by atoms with E-state index in [1.165, 1.54) is 37.7 Å². The van der Waals surface area contributed by atoms with Gasteiger partial charge in [-0.15, -0.1) is 0 Å². The van der Waals surface area contributed by atoms with Crippen molar-refractivity contribution in [2.75, 3.05) is 0 Å². The van der Waals surface area contributed by atoms with Gasteiger partial charge in [0, 0.05) is 17.6 Å². The van der Waals surface area contributed by atoms with E-state index in [9.17, 15) is 0 Å². The molecule has 0 spiro atoms. The van der Waals surface area contributed by atoms with Crippen LogP contribution in [0.25, 0.3) is 0 Å². The molecule has 1 aliphatic carbocycles. The van der Waals surface area contributed by atoms with Gasteiger partial charge in [0.05, 0.1) is 12.4 Å². The Balaban J connectivity index is 1.82. The first-order valence-corrected chi connectivity index (χ1v) is 8.40. The lowest BCUT2D eigenvalue weighted by Gasteiger charge is -2.28. The third-order valence-corrected chi connectivity index (χ3v) is 4.41. The van der Waals surface area contributed by atoms with Gasteiger partial charge in [-0.3, -0.25) is 0 Å². The fraction of sp³-hybridized carbons (Fsp3) is 0.778. The second-order valence-electron chi connectivity index (χ2n) is 7.35. The van der Waals surface area contributed by atoms with Gasteiger partial charge < -0.3 is 14.5 Å². The Hall–Kier alpha value is -0.800. The molecule has 1 fully saturated rings. The van der Waals surface area contributed by atoms with Crippen LogP contribution < -0.4 is 5.32 Å². The highest BCUT2D eigenvalue weighted by Crippen LogP contribution is 2.29. The smallest absolute Gasteiger partial charge is 0.133 e. The van der Waals surface area contributed by atoms with Crippen LogP contribution in [0.2, 0.25) is 0 Å². The van der Waals surface area contributed by atoms with Crippen LogP contribution >= 0.6 is 0 Å². The van der Waals surface area contributed by atoms with Crippen LogP contribution in [0.4, 0.5) is 0 Å². The van der Waals surface area contributed by atoms with E-state index >= 15 is 0 Å². The first kappa shape index (κ1) is 16.6. The van der Waals surface area contributed by atoms with Crippen molar-refractivity contribution in [1.82, 2.24) is 5.32 Å². The Morgan fingerprint density at radius 2 is 2.14 bits per heavy atom. The van der Waals surface area contributed by atoms with Crippen molar-refractivity contribution in [2.45, 2.75) is 84.6 Å². The molecule has 1 heterocycles. The topological polar surface area (TPSA) is 34.4 Å². The lowest BCUT2D eigenvalue weighted by atomic mass is 9.85. The minimum absolute atomic E-state index is 0.118. The largest absolute Gasteiger partial charge is 0.467 e. The molecule has 2 atom stereocenters. The van der Waals surface area contributed by atoms with Crippen LogP contribution in [0.5, 0.6) is 0 Å². The fourth-order valence-electron chi connectivity index (χ4n) is 2.97. The minimum Gasteiger partial charge on any atom is -0.467 e. The van der Waals surface area contributed by atoms with Crippen molar-refractivity contribution in [3.8, 4) is 0 Å². The number of rotatable bonds is 6. The third-order valence-electron chi connectivity index (χ3n) is 4.41. The van der Waals surface area contributed by atoms with E-state index in [0.29, 0.717) is 12.7 Å². The molecule has 2 rings (SSSR count). The Labute approximate surface area is 129 Å². The Kier molecular flexibility index (Phi) is 5.88. The maximum Gasteiger partial charge on any atom is 0.133 e. The molecule has 1 aliphatic rings. The van der Waals surface area contributed by atoms with Crippen LogP contribution in [0.3, 0.4) is 0 Å². The summed E-state index contributed by atoms with van der Waals surface area (Å²) in [6.45, 7) is 10.3. The zero-order chi connectivity index (χ0) is 15.3. The van der Waals surface area contributed by atoms with Crippen molar-refractivity contribution >= 4 is 0 Å². The van der Waals surface area contributed by atoms with Crippen molar-refractivity contribution in [2.24, 2.45) is 5.92 Å². The zero-order valence-electron chi connectivity index (χ0n) is 14.1. The van der Waals surface area contributed by atoms with Crippen molar-refractivity contribution in [1.29, 1.82) is 0 Å². The Bertz CT molecular complexity index is 419. The monoisotopic (exact) mass is 293 g/mol. The van der Waals surface area contributed by atoms with Crippen molar-refractivity contribution < 1.29 is 9.15 Å².